The van der Waals surface area contributed by atoms with E-state index in [9.17, 15) is 9.59 Å². The van der Waals surface area contributed by atoms with Gasteiger partial charge in [0.2, 0.25) is 0 Å². The van der Waals surface area contributed by atoms with E-state index in [1.54, 1.807) is 24.3 Å². The van der Waals surface area contributed by atoms with Crippen molar-refractivity contribution < 1.29 is 14.7 Å². The first-order chi connectivity index (χ1) is 10.4. The maximum atomic E-state index is 12.3. The van der Waals surface area contributed by atoms with Gasteiger partial charge in [0.25, 0.3) is 5.91 Å². The van der Waals surface area contributed by atoms with Crippen molar-refractivity contribution in [3.8, 4) is 0 Å². The Balaban J connectivity index is 2.20. The fraction of sp³-hybridized carbons (Fsp3) is 0.250. The summed E-state index contributed by atoms with van der Waals surface area (Å²) in [7, 11) is 0. The van der Waals surface area contributed by atoms with Gasteiger partial charge in [-0.3, -0.25) is 9.59 Å². The molecule has 116 valence electrons. The van der Waals surface area contributed by atoms with Crippen LogP contribution in [0.4, 0.5) is 0 Å². The van der Waals surface area contributed by atoms with Crippen molar-refractivity contribution in [2.45, 2.75) is 26.3 Å². The Bertz CT molecular complexity index is 674. The fourth-order valence-electron chi connectivity index (χ4n) is 2.04. The molecule has 6 heteroatoms. The van der Waals surface area contributed by atoms with Crippen LogP contribution >= 0.6 is 22.9 Å². The number of carboxylic acids is 1. The van der Waals surface area contributed by atoms with Gasteiger partial charge in [-0.1, -0.05) is 23.7 Å². The van der Waals surface area contributed by atoms with Crippen molar-refractivity contribution >= 4 is 34.8 Å². The van der Waals surface area contributed by atoms with E-state index in [1.165, 1.54) is 11.3 Å². The third-order valence-electron chi connectivity index (χ3n) is 3.35. The van der Waals surface area contributed by atoms with Gasteiger partial charge >= 0.3 is 5.97 Å². The van der Waals surface area contributed by atoms with Gasteiger partial charge in [0.15, 0.2) is 0 Å². The molecule has 2 aromatic rings. The Morgan fingerprint density at radius 3 is 2.41 bits per heavy atom. The minimum Gasteiger partial charge on any atom is -0.481 e. The first-order valence-corrected chi connectivity index (χ1v) is 7.91. The van der Waals surface area contributed by atoms with E-state index < -0.39 is 12.0 Å². The summed E-state index contributed by atoms with van der Waals surface area (Å²) in [6.07, 6.45) is -0.184. The summed E-state index contributed by atoms with van der Waals surface area (Å²) in [5.74, 6) is -1.24. The van der Waals surface area contributed by atoms with E-state index in [2.05, 4.69) is 5.32 Å². The van der Waals surface area contributed by atoms with E-state index in [1.807, 2.05) is 19.9 Å². The average molecular weight is 338 g/mol. The number of rotatable bonds is 5. The second-order valence-electron chi connectivity index (χ2n) is 5.03. The molecular formula is C16H16ClNO3S. The normalized spacial score (nSPS) is 12.0. The van der Waals surface area contributed by atoms with Gasteiger partial charge in [-0.25, -0.2) is 0 Å². The lowest BCUT2D eigenvalue weighted by Gasteiger charge is -2.17. The number of thiophene rings is 1. The average Bonchev–Trinajstić information content (AvgIpc) is 2.78. The van der Waals surface area contributed by atoms with Crippen LogP contribution < -0.4 is 5.32 Å². The van der Waals surface area contributed by atoms with Crippen molar-refractivity contribution in [1.82, 2.24) is 5.32 Å². The molecular weight excluding hydrogens is 322 g/mol. The number of amides is 1. The Labute approximate surface area is 137 Å². The molecule has 1 atom stereocenters. The van der Waals surface area contributed by atoms with Gasteiger partial charge in [-0.15, -0.1) is 11.3 Å². The van der Waals surface area contributed by atoms with Gasteiger partial charge in [0, 0.05) is 9.90 Å². The van der Waals surface area contributed by atoms with E-state index in [-0.39, 0.29) is 12.3 Å². The largest absolute Gasteiger partial charge is 0.481 e. The monoisotopic (exact) mass is 337 g/mol. The van der Waals surface area contributed by atoms with Crippen LogP contribution in [0.2, 0.25) is 5.02 Å². The predicted molar refractivity (Wildman–Crippen MR) is 87.7 cm³/mol. The lowest BCUT2D eigenvalue weighted by molar-refractivity contribution is -0.137. The Hall–Kier alpha value is -1.85. The van der Waals surface area contributed by atoms with E-state index in [4.69, 9.17) is 16.7 Å². The Morgan fingerprint density at radius 1 is 1.27 bits per heavy atom. The number of carbonyl (C=O) groups excluding carboxylic acids is 1. The van der Waals surface area contributed by atoms with Crippen molar-refractivity contribution in [3.63, 3.8) is 0 Å². The Morgan fingerprint density at radius 2 is 1.91 bits per heavy atom. The topological polar surface area (TPSA) is 66.4 Å². The molecule has 0 unspecified atom stereocenters. The molecule has 1 amide bonds. The summed E-state index contributed by atoms with van der Waals surface area (Å²) in [4.78, 5) is 25.0. The van der Waals surface area contributed by atoms with Crippen molar-refractivity contribution in [2.24, 2.45) is 0 Å². The highest BCUT2D eigenvalue weighted by molar-refractivity contribution is 7.14. The highest BCUT2D eigenvalue weighted by Gasteiger charge is 2.20. The number of nitrogens with one attached hydrogen (secondary N) is 1. The van der Waals surface area contributed by atoms with Gasteiger partial charge in [-0.2, -0.15) is 0 Å². The molecule has 0 aliphatic carbocycles. The Kier molecular flexibility index (Phi) is 5.21. The number of hydrogen-bond donors (Lipinski definition) is 2. The summed E-state index contributed by atoms with van der Waals surface area (Å²) in [5.41, 5.74) is 1.77. The van der Waals surface area contributed by atoms with Crippen molar-refractivity contribution in [1.29, 1.82) is 0 Å². The zero-order chi connectivity index (χ0) is 16.3. The van der Waals surface area contributed by atoms with Crippen LogP contribution in [0.5, 0.6) is 0 Å². The molecule has 0 spiro atoms. The molecule has 0 radical (unpaired) electrons. The van der Waals surface area contributed by atoms with E-state index in [0.717, 1.165) is 10.4 Å². The highest BCUT2D eigenvalue weighted by atomic mass is 35.5. The summed E-state index contributed by atoms with van der Waals surface area (Å²) >= 11 is 7.24. The minimum absolute atomic E-state index is 0.184. The summed E-state index contributed by atoms with van der Waals surface area (Å²) in [6, 6.07) is 8.02. The number of hydrogen-bond acceptors (Lipinski definition) is 3. The highest BCUT2D eigenvalue weighted by Crippen LogP contribution is 2.23. The van der Waals surface area contributed by atoms with Crippen LogP contribution in [0.15, 0.2) is 30.3 Å². The van der Waals surface area contributed by atoms with Gasteiger partial charge < -0.3 is 10.4 Å². The number of benzene rings is 1. The molecule has 1 aromatic heterocycles. The van der Waals surface area contributed by atoms with Crippen LogP contribution in [0.1, 0.15) is 38.1 Å². The first-order valence-electron chi connectivity index (χ1n) is 6.72. The second-order valence-corrected chi connectivity index (χ2v) is 6.72. The van der Waals surface area contributed by atoms with E-state index >= 15 is 0 Å². The SMILES string of the molecule is Cc1cc(C(=O)N[C@@H](CC(=O)O)c2ccc(Cl)cc2)sc1C. The number of aryl methyl sites for hydroxylation is 2. The smallest absolute Gasteiger partial charge is 0.305 e. The van der Waals surface area contributed by atoms with Gasteiger partial charge in [0.1, 0.15) is 0 Å². The molecule has 22 heavy (non-hydrogen) atoms. The predicted octanol–water partition coefficient (Wildman–Crippen LogP) is 3.96. The second kappa shape index (κ2) is 6.94. The van der Waals surface area contributed by atoms with E-state index in [0.29, 0.717) is 15.5 Å². The molecule has 2 N–H and O–H groups in total. The molecule has 0 saturated heterocycles. The first kappa shape index (κ1) is 16.5. The summed E-state index contributed by atoms with van der Waals surface area (Å²) < 4.78 is 0. The summed E-state index contributed by atoms with van der Waals surface area (Å²) in [5, 5.41) is 12.4. The van der Waals surface area contributed by atoms with Gasteiger partial charge in [-0.05, 0) is 43.2 Å². The van der Waals surface area contributed by atoms with Crippen LogP contribution in [-0.2, 0) is 4.79 Å². The molecule has 1 aromatic carbocycles. The third-order valence-corrected chi connectivity index (χ3v) is 4.75. The fourth-order valence-corrected chi connectivity index (χ4v) is 3.10. The van der Waals surface area contributed by atoms with Crippen molar-refractivity contribution in [3.05, 3.63) is 56.2 Å². The zero-order valence-electron chi connectivity index (χ0n) is 12.2. The lowest BCUT2D eigenvalue weighted by atomic mass is 10.0. The molecule has 0 saturated carbocycles. The maximum Gasteiger partial charge on any atom is 0.305 e. The quantitative estimate of drug-likeness (QED) is 0.867. The number of halogens is 1. The number of carbonyl (C=O) groups is 2. The maximum absolute atomic E-state index is 12.3. The molecule has 2 rings (SSSR count). The van der Waals surface area contributed by atoms with Gasteiger partial charge in [0.05, 0.1) is 17.3 Å². The lowest BCUT2D eigenvalue weighted by Crippen LogP contribution is -2.29. The molecule has 1 heterocycles. The molecule has 0 aliphatic rings. The molecule has 4 nitrogen and oxygen atoms in total. The van der Waals surface area contributed by atoms with Crippen LogP contribution in [0.25, 0.3) is 0 Å². The standard InChI is InChI=1S/C16H16ClNO3S/c1-9-7-14(22-10(9)2)16(21)18-13(8-15(19)20)11-3-5-12(17)6-4-11/h3-7,13H,8H2,1-2H3,(H,18,21)(H,19,20)/t13-/m0/s1. The third kappa shape index (κ3) is 4.08. The number of aliphatic carboxylic acids is 1. The molecule has 0 bridgehead atoms. The van der Waals surface area contributed by atoms with Crippen LogP contribution in [0, 0.1) is 13.8 Å². The zero-order valence-corrected chi connectivity index (χ0v) is 13.8. The minimum atomic E-state index is -0.973. The molecule has 0 fully saturated rings. The number of carboxylic acid groups (broad SMARTS) is 1. The van der Waals surface area contributed by atoms with Crippen LogP contribution in [-0.4, -0.2) is 17.0 Å². The molecule has 0 aliphatic heterocycles. The van der Waals surface area contributed by atoms with Crippen molar-refractivity contribution in [2.75, 3.05) is 0 Å². The van der Waals surface area contributed by atoms with Crippen LogP contribution in [0.3, 0.4) is 0 Å². The summed E-state index contributed by atoms with van der Waals surface area (Å²) in [6.45, 7) is 3.89.